The second-order valence-corrected chi connectivity index (χ2v) is 2.99. The third-order valence-corrected chi connectivity index (χ3v) is 1.81. The van der Waals surface area contributed by atoms with E-state index in [0.29, 0.717) is 5.88 Å². The normalized spacial score (nSPS) is 10.2. The van der Waals surface area contributed by atoms with Crippen LogP contribution in [0.4, 0.5) is 5.88 Å². The van der Waals surface area contributed by atoms with E-state index in [1.165, 1.54) is 0 Å². The first-order valence-electron chi connectivity index (χ1n) is 3.47. The van der Waals surface area contributed by atoms with Crippen LogP contribution >= 0.6 is 11.6 Å². The number of rotatable bonds is 2. The topological polar surface area (TPSA) is 16.4 Å². The molecular weight excluding hydrogens is 162 g/mol. The number of hydrogen-bond donors (Lipinski definition) is 0. The summed E-state index contributed by atoms with van der Waals surface area (Å²) in [7, 11) is 3.88. The molecule has 0 atom stereocenters. The molecule has 3 heteroatoms. The zero-order chi connectivity index (χ0) is 8.43. The lowest BCUT2D eigenvalue weighted by Gasteiger charge is -2.05. The molecule has 1 heterocycles. The van der Waals surface area contributed by atoms with Crippen LogP contribution < -0.4 is 4.90 Å². The highest BCUT2D eigenvalue weighted by Crippen LogP contribution is 2.22. The van der Waals surface area contributed by atoms with Crippen LogP contribution in [0, 0.1) is 6.92 Å². The van der Waals surface area contributed by atoms with Gasteiger partial charge in [-0.05, 0) is 12.5 Å². The van der Waals surface area contributed by atoms with E-state index in [1.54, 1.807) is 0 Å². The number of halogens is 1. The number of furan rings is 1. The van der Waals surface area contributed by atoms with Gasteiger partial charge in [0.25, 0.3) is 0 Å². The molecule has 0 radical (unpaired) electrons. The van der Waals surface area contributed by atoms with Crippen molar-refractivity contribution in [2.75, 3.05) is 19.0 Å². The Hall–Kier alpha value is -0.630. The van der Waals surface area contributed by atoms with Crippen LogP contribution in [0.3, 0.4) is 0 Å². The summed E-state index contributed by atoms with van der Waals surface area (Å²) in [5.41, 5.74) is 1.11. The van der Waals surface area contributed by atoms with Gasteiger partial charge in [0.15, 0.2) is 5.88 Å². The highest BCUT2D eigenvalue weighted by Gasteiger charge is 2.06. The average molecular weight is 174 g/mol. The Morgan fingerprint density at radius 3 is 2.45 bits per heavy atom. The maximum atomic E-state index is 5.64. The van der Waals surface area contributed by atoms with E-state index in [1.807, 2.05) is 32.0 Å². The van der Waals surface area contributed by atoms with Crippen molar-refractivity contribution in [1.29, 1.82) is 0 Å². The highest BCUT2D eigenvalue weighted by atomic mass is 35.5. The lowest BCUT2D eigenvalue weighted by molar-refractivity contribution is 0.527. The van der Waals surface area contributed by atoms with Crippen LogP contribution in [0.25, 0.3) is 0 Å². The lowest BCUT2D eigenvalue weighted by Crippen LogP contribution is -2.06. The minimum absolute atomic E-state index is 0.444. The Kier molecular flexibility index (Phi) is 2.45. The van der Waals surface area contributed by atoms with Crippen molar-refractivity contribution in [1.82, 2.24) is 0 Å². The molecule has 0 aromatic carbocycles. The Morgan fingerprint density at radius 1 is 1.55 bits per heavy atom. The Balaban J connectivity index is 2.95. The SMILES string of the molecule is Cc1cc(N(C)C)oc1CCl. The summed E-state index contributed by atoms with van der Waals surface area (Å²) in [6.07, 6.45) is 0. The summed E-state index contributed by atoms with van der Waals surface area (Å²) in [6.45, 7) is 1.99. The molecule has 0 bridgehead atoms. The van der Waals surface area contributed by atoms with Crippen LogP contribution in [-0.4, -0.2) is 14.1 Å². The molecule has 0 saturated heterocycles. The molecule has 1 aromatic rings. The third kappa shape index (κ3) is 1.69. The van der Waals surface area contributed by atoms with Gasteiger partial charge in [0.1, 0.15) is 5.76 Å². The van der Waals surface area contributed by atoms with Crippen LogP contribution in [0.15, 0.2) is 10.5 Å². The zero-order valence-corrected chi connectivity index (χ0v) is 7.77. The molecule has 0 aliphatic rings. The summed E-state index contributed by atoms with van der Waals surface area (Å²) in [5.74, 6) is 2.16. The van der Waals surface area contributed by atoms with Gasteiger partial charge in [-0.3, -0.25) is 0 Å². The van der Waals surface area contributed by atoms with Gasteiger partial charge in [-0.2, -0.15) is 0 Å². The monoisotopic (exact) mass is 173 g/mol. The van der Waals surface area contributed by atoms with Crippen molar-refractivity contribution in [3.8, 4) is 0 Å². The van der Waals surface area contributed by atoms with Crippen LogP contribution in [0.2, 0.25) is 0 Å². The highest BCUT2D eigenvalue weighted by molar-refractivity contribution is 6.16. The zero-order valence-electron chi connectivity index (χ0n) is 7.02. The molecule has 11 heavy (non-hydrogen) atoms. The first-order chi connectivity index (χ1) is 5.15. The molecule has 0 N–H and O–H groups in total. The maximum Gasteiger partial charge on any atom is 0.195 e. The number of hydrogen-bond acceptors (Lipinski definition) is 2. The predicted molar refractivity (Wildman–Crippen MR) is 47.3 cm³/mol. The van der Waals surface area contributed by atoms with Crippen molar-refractivity contribution >= 4 is 17.5 Å². The summed E-state index contributed by atoms with van der Waals surface area (Å²) < 4.78 is 5.42. The van der Waals surface area contributed by atoms with Crippen molar-refractivity contribution in [2.24, 2.45) is 0 Å². The minimum Gasteiger partial charge on any atom is -0.444 e. The Morgan fingerprint density at radius 2 is 2.18 bits per heavy atom. The smallest absolute Gasteiger partial charge is 0.195 e. The van der Waals surface area contributed by atoms with Gasteiger partial charge in [-0.15, -0.1) is 11.6 Å². The quantitative estimate of drug-likeness (QED) is 0.639. The van der Waals surface area contributed by atoms with Gasteiger partial charge < -0.3 is 9.32 Å². The predicted octanol–water partition coefficient (Wildman–Crippen LogP) is 2.39. The summed E-state index contributed by atoms with van der Waals surface area (Å²) in [4.78, 5) is 1.92. The Bertz CT molecular complexity index is 242. The molecule has 1 rings (SSSR count). The van der Waals surface area contributed by atoms with Crippen molar-refractivity contribution in [3.63, 3.8) is 0 Å². The second kappa shape index (κ2) is 3.18. The van der Waals surface area contributed by atoms with E-state index in [-0.39, 0.29) is 0 Å². The fraction of sp³-hybridized carbons (Fsp3) is 0.500. The largest absolute Gasteiger partial charge is 0.444 e. The Labute approximate surface area is 71.7 Å². The molecule has 0 unspecified atom stereocenters. The molecule has 0 fully saturated rings. The van der Waals surface area contributed by atoms with Gasteiger partial charge in [-0.1, -0.05) is 0 Å². The summed E-state index contributed by atoms with van der Waals surface area (Å²) >= 11 is 5.64. The van der Waals surface area contributed by atoms with Gasteiger partial charge in [0, 0.05) is 20.2 Å². The molecule has 0 amide bonds. The molecule has 0 aliphatic carbocycles. The molecule has 0 aliphatic heterocycles. The maximum absolute atomic E-state index is 5.64. The van der Waals surface area contributed by atoms with Crippen molar-refractivity contribution in [2.45, 2.75) is 12.8 Å². The molecule has 2 nitrogen and oxygen atoms in total. The van der Waals surface area contributed by atoms with Crippen molar-refractivity contribution < 1.29 is 4.42 Å². The van der Waals surface area contributed by atoms with E-state index < -0.39 is 0 Å². The number of nitrogens with zero attached hydrogens (tertiary/aromatic N) is 1. The first-order valence-corrected chi connectivity index (χ1v) is 4.01. The van der Waals surface area contributed by atoms with E-state index in [2.05, 4.69) is 0 Å². The fourth-order valence-corrected chi connectivity index (χ4v) is 1.12. The standard InChI is InChI=1S/C8H12ClNO/c1-6-4-8(10(2)3)11-7(6)5-9/h4H,5H2,1-3H3. The van der Waals surface area contributed by atoms with E-state index in [0.717, 1.165) is 17.2 Å². The number of anilines is 1. The van der Waals surface area contributed by atoms with E-state index in [9.17, 15) is 0 Å². The van der Waals surface area contributed by atoms with Gasteiger partial charge in [-0.25, -0.2) is 0 Å². The molecule has 0 saturated carbocycles. The van der Waals surface area contributed by atoms with Crippen LogP contribution in [0.5, 0.6) is 0 Å². The summed E-state index contributed by atoms with van der Waals surface area (Å²) in [5, 5.41) is 0. The minimum atomic E-state index is 0.444. The summed E-state index contributed by atoms with van der Waals surface area (Å²) in [6, 6.07) is 1.98. The second-order valence-electron chi connectivity index (χ2n) is 2.72. The molecule has 62 valence electrons. The van der Waals surface area contributed by atoms with Gasteiger partial charge >= 0.3 is 0 Å². The molecule has 1 aromatic heterocycles. The third-order valence-electron chi connectivity index (χ3n) is 1.57. The van der Waals surface area contributed by atoms with Gasteiger partial charge in [0.2, 0.25) is 0 Å². The number of alkyl halides is 1. The molecule has 0 spiro atoms. The average Bonchev–Trinajstić information content (AvgIpc) is 2.31. The van der Waals surface area contributed by atoms with Crippen molar-refractivity contribution in [3.05, 3.63) is 17.4 Å². The van der Waals surface area contributed by atoms with Crippen LogP contribution in [-0.2, 0) is 5.88 Å². The number of aryl methyl sites for hydroxylation is 1. The van der Waals surface area contributed by atoms with E-state index >= 15 is 0 Å². The van der Waals surface area contributed by atoms with Gasteiger partial charge in [0.05, 0.1) is 5.88 Å². The van der Waals surface area contributed by atoms with E-state index in [4.69, 9.17) is 16.0 Å². The lowest BCUT2D eigenvalue weighted by atomic mass is 10.3. The molecular formula is C8H12ClNO. The first kappa shape index (κ1) is 8.47. The fourth-order valence-electron chi connectivity index (χ4n) is 0.855. The van der Waals surface area contributed by atoms with Crippen LogP contribution in [0.1, 0.15) is 11.3 Å².